The summed E-state index contributed by atoms with van der Waals surface area (Å²) in [6.45, 7) is 3.07. The number of nitrogens with zero attached hydrogens (tertiary/aromatic N) is 2. The van der Waals surface area contributed by atoms with Gasteiger partial charge < -0.3 is 9.47 Å². The second-order valence-corrected chi connectivity index (χ2v) is 6.11. The molecule has 4 nitrogen and oxygen atoms in total. The van der Waals surface area contributed by atoms with Gasteiger partial charge in [-0.1, -0.05) is 12.5 Å². The van der Waals surface area contributed by atoms with Gasteiger partial charge in [0.2, 0.25) is 0 Å². The van der Waals surface area contributed by atoms with Crippen molar-refractivity contribution in [3.63, 3.8) is 0 Å². The van der Waals surface area contributed by atoms with E-state index in [0.717, 1.165) is 19.6 Å². The van der Waals surface area contributed by atoms with E-state index in [0.29, 0.717) is 11.8 Å². The first-order chi connectivity index (χ1) is 9.87. The average molecular weight is 272 g/mol. The molecule has 1 aromatic rings. The molecule has 0 aromatic carbocycles. The maximum atomic E-state index is 5.91. The Morgan fingerprint density at radius 2 is 1.95 bits per heavy atom. The number of rotatable bonds is 2. The summed E-state index contributed by atoms with van der Waals surface area (Å²) < 4.78 is 11.8. The fourth-order valence-electron chi connectivity index (χ4n) is 4.04. The SMILES string of the molecule is C1=COC2(O1)[C@@H]1CCC[C@H]2CN(Cc2cccnc2)C1. The molecule has 2 bridgehead atoms. The van der Waals surface area contributed by atoms with Crippen LogP contribution in [0.4, 0.5) is 0 Å². The van der Waals surface area contributed by atoms with Gasteiger partial charge in [-0.3, -0.25) is 9.88 Å². The van der Waals surface area contributed by atoms with Crippen molar-refractivity contribution in [1.29, 1.82) is 0 Å². The molecule has 0 amide bonds. The van der Waals surface area contributed by atoms with Gasteiger partial charge in [0, 0.05) is 43.9 Å². The summed E-state index contributed by atoms with van der Waals surface area (Å²) in [5.41, 5.74) is 1.29. The number of hydrogen-bond acceptors (Lipinski definition) is 4. The highest BCUT2D eigenvalue weighted by Crippen LogP contribution is 2.48. The Morgan fingerprint density at radius 1 is 1.20 bits per heavy atom. The monoisotopic (exact) mass is 272 g/mol. The van der Waals surface area contributed by atoms with E-state index in [4.69, 9.17) is 9.47 Å². The maximum Gasteiger partial charge on any atom is 0.257 e. The average Bonchev–Trinajstić information content (AvgIpc) is 2.91. The molecule has 2 fully saturated rings. The van der Waals surface area contributed by atoms with Gasteiger partial charge >= 0.3 is 0 Å². The summed E-state index contributed by atoms with van der Waals surface area (Å²) in [6.07, 6.45) is 10.9. The zero-order valence-electron chi connectivity index (χ0n) is 11.6. The number of aromatic nitrogens is 1. The van der Waals surface area contributed by atoms with Gasteiger partial charge in [0.15, 0.2) is 0 Å². The normalized spacial score (nSPS) is 31.0. The maximum absolute atomic E-state index is 5.91. The highest BCUT2D eigenvalue weighted by atomic mass is 16.7. The van der Waals surface area contributed by atoms with Crippen LogP contribution in [0.15, 0.2) is 37.1 Å². The molecule has 4 heteroatoms. The number of ether oxygens (including phenoxy) is 2. The third-order valence-electron chi connectivity index (χ3n) is 4.89. The van der Waals surface area contributed by atoms with Crippen LogP contribution in [0.5, 0.6) is 0 Å². The molecule has 2 aliphatic heterocycles. The molecule has 2 atom stereocenters. The highest BCUT2D eigenvalue weighted by molar-refractivity contribution is 5.10. The van der Waals surface area contributed by atoms with E-state index in [2.05, 4.69) is 16.0 Å². The fourth-order valence-corrected chi connectivity index (χ4v) is 4.04. The molecule has 3 aliphatic rings. The second-order valence-electron chi connectivity index (χ2n) is 6.11. The van der Waals surface area contributed by atoms with Crippen LogP contribution in [-0.2, 0) is 16.0 Å². The zero-order valence-corrected chi connectivity index (χ0v) is 11.6. The quantitative estimate of drug-likeness (QED) is 0.828. The first-order valence-electron chi connectivity index (χ1n) is 7.49. The van der Waals surface area contributed by atoms with Crippen LogP contribution in [0.25, 0.3) is 0 Å². The Balaban J connectivity index is 1.51. The Morgan fingerprint density at radius 3 is 2.60 bits per heavy atom. The standard InChI is InChI=1S/C16H20N2O2/c1-4-14-11-18(10-13-3-2-6-17-9-13)12-15(5-1)16(14)19-7-8-20-16/h2-3,6-9,14-15H,1,4-5,10-12H2/t14-,15+. The van der Waals surface area contributed by atoms with E-state index in [1.807, 2.05) is 18.5 Å². The van der Waals surface area contributed by atoms with Gasteiger partial charge in [-0.15, -0.1) is 0 Å². The van der Waals surface area contributed by atoms with Crippen LogP contribution in [0, 0.1) is 11.8 Å². The predicted octanol–water partition coefficient (Wildman–Crippen LogP) is 2.53. The van der Waals surface area contributed by atoms with Crippen molar-refractivity contribution in [2.75, 3.05) is 13.1 Å². The lowest BCUT2D eigenvalue weighted by molar-refractivity contribution is -0.258. The van der Waals surface area contributed by atoms with Crippen molar-refractivity contribution in [3.05, 3.63) is 42.6 Å². The third kappa shape index (κ3) is 1.90. The number of piperidine rings is 1. The van der Waals surface area contributed by atoms with E-state index in [1.54, 1.807) is 12.5 Å². The summed E-state index contributed by atoms with van der Waals surface area (Å²) >= 11 is 0. The zero-order chi connectivity index (χ0) is 13.4. The van der Waals surface area contributed by atoms with E-state index in [9.17, 15) is 0 Å². The van der Waals surface area contributed by atoms with Crippen LogP contribution >= 0.6 is 0 Å². The molecule has 4 rings (SSSR count). The fraction of sp³-hybridized carbons (Fsp3) is 0.562. The smallest absolute Gasteiger partial charge is 0.257 e. The molecule has 0 radical (unpaired) electrons. The molecule has 0 N–H and O–H groups in total. The molecule has 3 heterocycles. The van der Waals surface area contributed by atoms with Crippen molar-refractivity contribution in [2.45, 2.75) is 31.6 Å². The molecule has 1 saturated carbocycles. The molecule has 20 heavy (non-hydrogen) atoms. The molecule has 1 spiro atoms. The molecular weight excluding hydrogens is 252 g/mol. The molecule has 1 aromatic heterocycles. The van der Waals surface area contributed by atoms with Crippen LogP contribution in [-0.4, -0.2) is 28.8 Å². The van der Waals surface area contributed by atoms with E-state index in [1.165, 1.54) is 24.8 Å². The van der Waals surface area contributed by atoms with Gasteiger partial charge in [-0.25, -0.2) is 0 Å². The summed E-state index contributed by atoms with van der Waals surface area (Å²) in [7, 11) is 0. The largest absolute Gasteiger partial charge is 0.456 e. The molecule has 1 saturated heterocycles. The second kappa shape index (κ2) is 4.77. The summed E-state index contributed by atoms with van der Waals surface area (Å²) in [5, 5.41) is 0. The lowest BCUT2D eigenvalue weighted by atomic mass is 9.72. The van der Waals surface area contributed by atoms with E-state index in [-0.39, 0.29) is 5.79 Å². The molecular formula is C16H20N2O2. The van der Waals surface area contributed by atoms with Crippen molar-refractivity contribution < 1.29 is 9.47 Å². The van der Waals surface area contributed by atoms with Gasteiger partial charge in [0.05, 0.1) is 0 Å². The van der Waals surface area contributed by atoms with Crippen LogP contribution in [0.1, 0.15) is 24.8 Å². The van der Waals surface area contributed by atoms with Gasteiger partial charge in [-0.2, -0.15) is 0 Å². The number of hydrogen-bond donors (Lipinski definition) is 0. The third-order valence-corrected chi connectivity index (χ3v) is 4.89. The number of likely N-dealkylation sites (tertiary alicyclic amines) is 1. The van der Waals surface area contributed by atoms with Crippen LogP contribution in [0.3, 0.4) is 0 Å². The topological polar surface area (TPSA) is 34.6 Å². The molecule has 1 aliphatic carbocycles. The molecule has 0 unspecified atom stereocenters. The first kappa shape index (κ1) is 12.2. The van der Waals surface area contributed by atoms with Crippen LogP contribution < -0.4 is 0 Å². The highest BCUT2D eigenvalue weighted by Gasteiger charge is 2.56. The summed E-state index contributed by atoms with van der Waals surface area (Å²) in [5.74, 6) is 0.590. The minimum atomic E-state index is -0.357. The summed E-state index contributed by atoms with van der Waals surface area (Å²) in [4.78, 5) is 6.74. The van der Waals surface area contributed by atoms with E-state index < -0.39 is 0 Å². The van der Waals surface area contributed by atoms with Crippen molar-refractivity contribution in [1.82, 2.24) is 9.88 Å². The van der Waals surface area contributed by atoms with Crippen molar-refractivity contribution in [2.24, 2.45) is 11.8 Å². The Labute approximate surface area is 119 Å². The van der Waals surface area contributed by atoms with Crippen LogP contribution in [0.2, 0.25) is 0 Å². The first-order valence-corrected chi connectivity index (χ1v) is 7.49. The Kier molecular flexibility index (Phi) is 2.91. The van der Waals surface area contributed by atoms with E-state index >= 15 is 0 Å². The summed E-state index contributed by atoms with van der Waals surface area (Å²) in [6, 6.07) is 4.16. The minimum absolute atomic E-state index is 0.357. The Hall–Kier alpha value is -1.55. The predicted molar refractivity (Wildman–Crippen MR) is 74.4 cm³/mol. The van der Waals surface area contributed by atoms with Crippen molar-refractivity contribution in [3.8, 4) is 0 Å². The van der Waals surface area contributed by atoms with Crippen molar-refractivity contribution >= 4 is 0 Å². The molecule has 106 valence electrons. The Bertz CT molecular complexity index is 478. The lowest BCUT2D eigenvalue weighted by Crippen LogP contribution is -2.60. The van der Waals surface area contributed by atoms with Gasteiger partial charge in [-0.05, 0) is 24.5 Å². The van der Waals surface area contributed by atoms with Gasteiger partial charge in [0.1, 0.15) is 12.5 Å². The minimum Gasteiger partial charge on any atom is -0.456 e. The number of pyridine rings is 1. The lowest BCUT2D eigenvalue weighted by Gasteiger charge is -2.51. The van der Waals surface area contributed by atoms with Gasteiger partial charge in [0.25, 0.3) is 5.79 Å².